The molecule has 4 nitrogen and oxygen atoms in total. The summed E-state index contributed by atoms with van der Waals surface area (Å²) in [7, 11) is 4.64. The second-order valence-corrected chi connectivity index (χ2v) is 7.52. The van der Waals surface area contributed by atoms with E-state index < -0.39 is 7.59 Å². The maximum absolute atomic E-state index is 12.5. The van der Waals surface area contributed by atoms with E-state index in [2.05, 4.69) is 5.09 Å². The molecule has 0 aromatic heterocycles. The molecule has 0 bridgehead atoms. The van der Waals surface area contributed by atoms with Gasteiger partial charge in [-0.3, -0.25) is 4.57 Å². The van der Waals surface area contributed by atoms with Crippen molar-refractivity contribution in [2.75, 3.05) is 40.2 Å². The molecule has 0 rings (SSSR count). The molecule has 1 N–H and O–H groups in total. The first kappa shape index (κ1) is 15.0. The minimum absolute atomic E-state index is 0.930. The molecule has 90 valence electrons. The van der Waals surface area contributed by atoms with Gasteiger partial charge in [-0.1, -0.05) is 6.08 Å². The molecule has 0 aromatic rings. The summed E-state index contributed by atoms with van der Waals surface area (Å²) in [6.07, 6.45) is 4.09. The van der Waals surface area contributed by atoms with Crippen LogP contribution in [0.1, 0.15) is 6.92 Å². The minimum atomic E-state index is -2.62. The van der Waals surface area contributed by atoms with Gasteiger partial charge in [0.25, 0.3) is 0 Å². The molecule has 0 amide bonds. The lowest BCUT2D eigenvalue weighted by Crippen LogP contribution is -2.30. The van der Waals surface area contributed by atoms with E-state index in [4.69, 9.17) is 0 Å². The normalized spacial score (nSPS) is 13.7. The molecule has 0 spiro atoms. The molecular formula is C9H22N3OPS. The summed E-state index contributed by atoms with van der Waals surface area (Å²) in [4.78, 5) is 0. The lowest BCUT2D eigenvalue weighted by Gasteiger charge is -2.31. The minimum Gasteiger partial charge on any atom is -0.317 e. The lowest BCUT2D eigenvalue weighted by atomic mass is 10.5. The van der Waals surface area contributed by atoms with Gasteiger partial charge in [0.15, 0.2) is 0 Å². The molecule has 0 unspecified atom stereocenters. The van der Waals surface area contributed by atoms with Gasteiger partial charge in [-0.25, -0.2) is 9.34 Å². The molecule has 6 heteroatoms. The monoisotopic (exact) mass is 251 g/mol. The number of hydrogen-bond acceptors (Lipinski definition) is 2. The van der Waals surface area contributed by atoms with E-state index in [1.165, 1.54) is 0 Å². The smallest absolute Gasteiger partial charge is 0.307 e. The van der Waals surface area contributed by atoms with Crippen LogP contribution in [-0.2, 0) is 4.57 Å². The molecular weight excluding hydrogens is 229 g/mol. The molecule has 0 aliphatic heterocycles. The second kappa shape index (κ2) is 6.59. The highest BCUT2D eigenvalue weighted by Gasteiger charge is 2.27. The van der Waals surface area contributed by atoms with Crippen LogP contribution in [0.15, 0.2) is 11.8 Å². The molecule has 0 fully saturated rings. The van der Waals surface area contributed by atoms with Gasteiger partial charge in [-0.2, -0.15) is 11.8 Å². The fraction of sp³-hybridized carbons (Fsp3) is 0.778. The van der Waals surface area contributed by atoms with Crippen LogP contribution in [0.5, 0.6) is 0 Å². The molecule has 0 radical (unpaired) electrons. The van der Waals surface area contributed by atoms with Gasteiger partial charge in [0.2, 0.25) is 0 Å². The zero-order chi connectivity index (χ0) is 12.1. The van der Waals surface area contributed by atoms with Crippen molar-refractivity contribution in [3.63, 3.8) is 0 Å². The maximum Gasteiger partial charge on any atom is 0.307 e. The summed E-state index contributed by atoms with van der Waals surface area (Å²) < 4.78 is 15.9. The van der Waals surface area contributed by atoms with Crippen molar-refractivity contribution in [3.05, 3.63) is 11.8 Å². The predicted molar refractivity (Wildman–Crippen MR) is 70.3 cm³/mol. The Balaban J connectivity index is 4.64. The van der Waals surface area contributed by atoms with Crippen LogP contribution in [0.25, 0.3) is 0 Å². The highest BCUT2D eigenvalue weighted by Crippen LogP contribution is 2.45. The van der Waals surface area contributed by atoms with E-state index in [-0.39, 0.29) is 0 Å². The first-order valence-corrected chi connectivity index (χ1v) is 7.75. The molecule has 15 heavy (non-hydrogen) atoms. The summed E-state index contributed by atoms with van der Waals surface area (Å²) in [5.41, 5.74) is 0.954. The molecule has 0 heterocycles. The van der Waals surface area contributed by atoms with E-state index in [0.29, 0.717) is 0 Å². The fourth-order valence-corrected chi connectivity index (χ4v) is 3.12. The highest BCUT2D eigenvalue weighted by molar-refractivity contribution is 7.98. The molecule has 0 saturated carbocycles. The van der Waals surface area contributed by atoms with Crippen LogP contribution in [0.4, 0.5) is 0 Å². The number of allylic oxidation sites excluding steroid dienone is 1. The molecule has 0 atom stereocenters. The zero-order valence-electron chi connectivity index (χ0n) is 10.4. The van der Waals surface area contributed by atoms with Crippen molar-refractivity contribution in [3.8, 4) is 0 Å². The van der Waals surface area contributed by atoms with E-state index in [1.54, 1.807) is 21.1 Å². The Morgan fingerprint density at radius 1 is 1.33 bits per heavy atom. The van der Waals surface area contributed by atoms with Gasteiger partial charge < -0.3 is 5.09 Å². The molecule has 0 aliphatic carbocycles. The summed E-state index contributed by atoms with van der Waals surface area (Å²) in [5, 5.41) is 3.08. The third kappa shape index (κ3) is 4.60. The Labute approximate surface area is 97.6 Å². The number of thioether (sulfide) groups is 1. The number of nitrogens with zero attached hydrogens (tertiary/aromatic N) is 2. The number of nitrogens with one attached hydrogen (secondary N) is 1. The first-order valence-electron chi connectivity index (χ1n) is 4.74. The van der Waals surface area contributed by atoms with Crippen molar-refractivity contribution in [1.82, 2.24) is 14.4 Å². The number of rotatable bonds is 6. The lowest BCUT2D eigenvalue weighted by molar-refractivity contribution is 0.438. The standard InChI is InChI=1S/C9H22N3OPS/c1-9(7-8-15-6)10-14(13,11(2)3)12(4)5/h7H,8H2,1-6H3,(H,10,13)/b9-7-. The van der Waals surface area contributed by atoms with Crippen molar-refractivity contribution >= 4 is 19.4 Å². The first-order chi connectivity index (χ1) is 6.84. The maximum atomic E-state index is 12.5. The molecule has 0 saturated heterocycles. The third-order valence-electron chi connectivity index (χ3n) is 1.96. The predicted octanol–water partition coefficient (Wildman–Crippen LogP) is 2.07. The van der Waals surface area contributed by atoms with Crippen LogP contribution in [-0.4, -0.2) is 49.5 Å². The zero-order valence-corrected chi connectivity index (χ0v) is 12.2. The molecule has 0 aliphatic rings. The summed E-state index contributed by atoms with van der Waals surface area (Å²) in [5.74, 6) is 0.930. The Bertz CT molecular complexity index is 254. The third-order valence-corrected chi connectivity index (χ3v) is 5.28. The van der Waals surface area contributed by atoms with Gasteiger partial charge >= 0.3 is 7.59 Å². The van der Waals surface area contributed by atoms with Crippen molar-refractivity contribution in [2.45, 2.75) is 6.92 Å². The second-order valence-electron chi connectivity index (χ2n) is 3.69. The van der Waals surface area contributed by atoms with Crippen LogP contribution in [0, 0.1) is 0 Å². The average molecular weight is 251 g/mol. The van der Waals surface area contributed by atoms with E-state index in [9.17, 15) is 4.57 Å². The van der Waals surface area contributed by atoms with Gasteiger partial charge in [0.05, 0.1) is 0 Å². The Morgan fingerprint density at radius 3 is 2.13 bits per heavy atom. The number of hydrogen-bond donors (Lipinski definition) is 1. The SMILES string of the molecule is CSC/C=C(/C)NP(=O)(N(C)C)N(C)C. The Kier molecular flexibility index (Phi) is 6.60. The van der Waals surface area contributed by atoms with Crippen LogP contribution < -0.4 is 5.09 Å². The molecule has 0 aromatic carbocycles. The average Bonchev–Trinajstić information content (AvgIpc) is 2.13. The Hall–Kier alpha value is 0.0400. The van der Waals surface area contributed by atoms with Gasteiger partial charge in [0.1, 0.15) is 0 Å². The van der Waals surface area contributed by atoms with Crippen LogP contribution in [0.3, 0.4) is 0 Å². The summed E-state index contributed by atoms with van der Waals surface area (Å²) in [6, 6.07) is 0. The fourth-order valence-electron chi connectivity index (χ4n) is 1.04. The topological polar surface area (TPSA) is 35.6 Å². The van der Waals surface area contributed by atoms with Crippen molar-refractivity contribution in [2.24, 2.45) is 0 Å². The van der Waals surface area contributed by atoms with E-state index >= 15 is 0 Å². The van der Waals surface area contributed by atoms with Crippen LogP contribution in [0.2, 0.25) is 0 Å². The summed E-state index contributed by atoms with van der Waals surface area (Å²) >= 11 is 1.74. The highest BCUT2D eigenvalue weighted by atomic mass is 32.2. The summed E-state index contributed by atoms with van der Waals surface area (Å²) in [6.45, 7) is 1.94. The largest absolute Gasteiger partial charge is 0.317 e. The van der Waals surface area contributed by atoms with Gasteiger partial charge in [0, 0.05) is 11.4 Å². The van der Waals surface area contributed by atoms with Crippen molar-refractivity contribution in [1.29, 1.82) is 0 Å². The van der Waals surface area contributed by atoms with E-state index in [1.807, 2.05) is 47.4 Å². The van der Waals surface area contributed by atoms with Crippen molar-refractivity contribution < 1.29 is 4.57 Å². The van der Waals surface area contributed by atoms with Gasteiger partial charge in [-0.05, 0) is 41.4 Å². The van der Waals surface area contributed by atoms with E-state index in [0.717, 1.165) is 11.4 Å². The Morgan fingerprint density at radius 2 is 1.80 bits per heavy atom. The quantitative estimate of drug-likeness (QED) is 0.731. The van der Waals surface area contributed by atoms with Gasteiger partial charge in [-0.15, -0.1) is 0 Å². The van der Waals surface area contributed by atoms with Crippen LogP contribution >= 0.6 is 19.4 Å².